The molecule has 0 aromatic heterocycles. The second-order valence-corrected chi connectivity index (χ2v) is 4.20. The van der Waals surface area contributed by atoms with E-state index in [1.54, 1.807) is 0 Å². The normalized spacial score (nSPS) is 10.3. The highest BCUT2D eigenvalue weighted by molar-refractivity contribution is 5.26. The van der Waals surface area contributed by atoms with Gasteiger partial charge in [0.15, 0.2) is 0 Å². The molecule has 0 aliphatic heterocycles. The van der Waals surface area contributed by atoms with Crippen molar-refractivity contribution in [1.82, 2.24) is 0 Å². The van der Waals surface area contributed by atoms with Crippen LogP contribution in [0.4, 0.5) is 0 Å². The van der Waals surface area contributed by atoms with E-state index in [4.69, 9.17) is 9.47 Å². The summed E-state index contributed by atoms with van der Waals surface area (Å²) in [5.74, 6) is 0.893. The summed E-state index contributed by atoms with van der Waals surface area (Å²) in [7, 11) is 0. The highest BCUT2D eigenvalue weighted by Crippen LogP contribution is 2.11. The van der Waals surface area contributed by atoms with Gasteiger partial charge in [-0.15, -0.1) is 0 Å². The first-order chi connectivity index (χ1) is 8.84. The lowest BCUT2D eigenvalue weighted by Gasteiger charge is -2.07. The second kappa shape index (κ2) is 6.82. The summed E-state index contributed by atoms with van der Waals surface area (Å²) in [5, 5.41) is 0. The van der Waals surface area contributed by atoms with E-state index >= 15 is 0 Å². The fourth-order valence-electron chi connectivity index (χ4n) is 1.62. The third-order valence-corrected chi connectivity index (χ3v) is 2.63. The molecule has 0 N–H and O–H groups in total. The van der Waals surface area contributed by atoms with Crippen molar-refractivity contribution in [2.24, 2.45) is 0 Å². The van der Waals surface area contributed by atoms with Gasteiger partial charge in [-0.1, -0.05) is 48.0 Å². The number of rotatable bonds is 6. The van der Waals surface area contributed by atoms with Gasteiger partial charge in [-0.25, -0.2) is 0 Å². The van der Waals surface area contributed by atoms with Gasteiger partial charge in [0.25, 0.3) is 0 Å². The minimum Gasteiger partial charge on any atom is -0.491 e. The Labute approximate surface area is 108 Å². The smallest absolute Gasteiger partial charge is 0.119 e. The summed E-state index contributed by atoms with van der Waals surface area (Å²) in [6, 6.07) is 18.2. The zero-order valence-corrected chi connectivity index (χ0v) is 10.6. The molecule has 18 heavy (non-hydrogen) atoms. The molecule has 2 heteroatoms. The van der Waals surface area contributed by atoms with Crippen molar-refractivity contribution in [3.05, 3.63) is 65.7 Å². The van der Waals surface area contributed by atoms with Gasteiger partial charge in [0, 0.05) is 0 Å². The Morgan fingerprint density at radius 3 is 2.28 bits per heavy atom. The van der Waals surface area contributed by atoms with Crippen LogP contribution in [0.3, 0.4) is 0 Å². The van der Waals surface area contributed by atoms with Crippen molar-refractivity contribution in [3.8, 4) is 5.75 Å². The number of ether oxygens (including phenoxy) is 2. The van der Waals surface area contributed by atoms with E-state index in [-0.39, 0.29) is 0 Å². The monoisotopic (exact) mass is 242 g/mol. The van der Waals surface area contributed by atoms with Crippen molar-refractivity contribution in [1.29, 1.82) is 0 Å². The van der Waals surface area contributed by atoms with Gasteiger partial charge in [-0.05, 0) is 24.6 Å². The van der Waals surface area contributed by atoms with Gasteiger partial charge < -0.3 is 9.47 Å². The molecule has 2 rings (SSSR count). The quantitative estimate of drug-likeness (QED) is 0.721. The summed E-state index contributed by atoms with van der Waals surface area (Å²) in [6.07, 6.45) is 0. The average molecular weight is 242 g/mol. The molecule has 0 bridgehead atoms. The first-order valence-electron chi connectivity index (χ1n) is 6.16. The Balaban J connectivity index is 1.63. The van der Waals surface area contributed by atoms with Gasteiger partial charge >= 0.3 is 0 Å². The van der Waals surface area contributed by atoms with Gasteiger partial charge in [0.1, 0.15) is 12.4 Å². The third-order valence-electron chi connectivity index (χ3n) is 2.63. The number of aryl methyl sites for hydroxylation is 1. The summed E-state index contributed by atoms with van der Waals surface area (Å²) < 4.78 is 11.1. The number of hydrogen-bond acceptors (Lipinski definition) is 2. The number of benzene rings is 2. The Bertz CT molecular complexity index is 448. The molecule has 94 valence electrons. The molecular formula is C16H18O2. The molecule has 0 heterocycles. The van der Waals surface area contributed by atoms with E-state index < -0.39 is 0 Å². The van der Waals surface area contributed by atoms with E-state index in [1.807, 2.05) is 42.5 Å². The molecule has 0 spiro atoms. The zero-order chi connectivity index (χ0) is 12.6. The van der Waals surface area contributed by atoms with Crippen LogP contribution in [0.5, 0.6) is 5.75 Å². The van der Waals surface area contributed by atoms with Crippen LogP contribution < -0.4 is 4.74 Å². The van der Waals surface area contributed by atoms with Crippen molar-refractivity contribution in [2.45, 2.75) is 13.5 Å². The predicted molar refractivity (Wildman–Crippen MR) is 72.8 cm³/mol. The van der Waals surface area contributed by atoms with E-state index in [0.29, 0.717) is 19.8 Å². The van der Waals surface area contributed by atoms with Crippen LogP contribution in [-0.2, 0) is 11.3 Å². The molecule has 0 fully saturated rings. The van der Waals surface area contributed by atoms with Crippen LogP contribution in [0.1, 0.15) is 11.1 Å². The summed E-state index contributed by atoms with van der Waals surface area (Å²) in [5.41, 5.74) is 2.43. The molecule has 2 aromatic carbocycles. The molecule has 2 nitrogen and oxygen atoms in total. The van der Waals surface area contributed by atoms with Crippen LogP contribution in [0.2, 0.25) is 0 Å². The standard InChI is InChI=1S/C16H18O2/c1-14-7-9-16(10-8-14)18-12-11-17-13-15-5-3-2-4-6-15/h2-10H,11-13H2,1H3. The average Bonchev–Trinajstić information content (AvgIpc) is 2.42. The molecule has 0 unspecified atom stereocenters. The SMILES string of the molecule is Cc1ccc(OCCOCc2ccccc2)cc1. The molecule has 0 radical (unpaired) electrons. The maximum atomic E-state index is 5.57. The minimum absolute atomic E-state index is 0.579. The Kier molecular flexibility index (Phi) is 4.79. The topological polar surface area (TPSA) is 18.5 Å². The summed E-state index contributed by atoms with van der Waals surface area (Å²) in [4.78, 5) is 0. The van der Waals surface area contributed by atoms with E-state index in [0.717, 1.165) is 5.75 Å². The summed E-state index contributed by atoms with van der Waals surface area (Å²) >= 11 is 0. The molecule has 0 saturated heterocycles. The highest BCUT2D eigenvalue weighted by atomic mass is 16.5. The van der Waals surface area contributed by atoms with Crippen molar-refractivity contribution in [2.75, 3.05) is 13.2 Å². The lowest BCUT2D eigenvalue weighted by Crippen LogP contribution is -2.06. The van der Waals surface area contributed by atoms with Crippen LogP contribution in [0.25, 0.3) is 0 Å². The fraction of sp³-hybridized carbons (Fsp3) is 0.250. The maximum Gasteiger partial charge on any atom is 0.119 e. The second-order valence-electron chi connectivity index (χ2n) is 4.20. The lowest BCUT2D eigenvalue weighted by molar-refractivity contribution is 0.0889. The van der Waals surface area contributed by atoms with Crippen LogP contribution in [0, 0.1) is 6.92 Å². The third kappa shape index (κ3) is 4.22. The molecule has 0 amide bonds. The van der Waals surface area contributed by atoms with Crippen LogP contribution >= 0.6 is 0 Å². The van der Waals surface area contributed by atoms with Crippen LogP contribution in [-0.4, -0.2) is 13.2 Å². The van der Waals surface area contributed by atoms with Gasteiger partial charge in [0.2, 0.25) is 0 Å². The molecule has 0 aliphatic rings. The number of hydrogen-bond donors (Lipinski definition) is 0. The van der Waals surface area contributed by atoms with Gasteiger partial charge in [-0.3, -0.25) is 0 Å². The first-order valence-corrected chi connectivity index (χ1v) is 6.16. The summed E-state index contributed by atoms with van der Waals surface area (Å²) in [6.45, 7) is 3.88. The largest absolute Gasteiger partial charge is 0.491 e. The molecule has 2 aromatic rings. The van der Waals surface area contributed by atoms with E-state index in [1.165, 1.54) is 11.1 Å². The fourth-order valence-corrected chi connectivity index (χ4v) is 1.62. The van der Waals surface area contributed by atoms with Gasteiger partial charge in [-0.2, -0.15) is 0 Å². The van der Waals surface area contributed by atoms with Crippen molar-refractivity contribution >= 4 is 0 Å². The van der Waals surface area contributed by atoms with Crippen molar-refractivity contribution in [3.63, 3.8) is 0 Å². The molecule has 0 atom stereocenters. The van der Waals surface area contributed by atoms with E-state index in [2.05, 4.69) is 19.1 Å². The Morgan fingerprint density at radius 2 is 1.56 bits per heavy atom. The molecule has 0 aliphatic carbocycles. The van der Waals surface area contributed by atoms with Crippen LogP contribution in [0.15, 0.2) is 54.6 Å². The zero-order valence-electron chi connectivity index (χ0n) is 10.6. The lowest BCUT2D eigenvalue weighted by atomic mass is 10.2. The van der Waals surface area contributed by atoms with E-state index in [9.17, 15) is 0 Å². The molecule has 0 saturated carbocycles. The minimum atomic E-state index is 0.579. The maximum absolute atomic E-state index is 5.57. The Morgan fingerprint density at radius 1 is 0.833 bits per heavy atom. The predicted octanol–water partition coefficient (Wildman–Crippen LogP) is 3.59. The highest BCUT2D eigenvalue weighted by Gasteiger charge is 1.94. The first kappa shape index (κ1) is 12.7. The van der Waals surface area contributed by atoms with Crippen molar-refractivity contribution < 1.29 is 9.47 Å². The Hall–Kier alpha value is -1.80. The van der Waals surface area contributed by atoms with Gasteiger partial charge in [0.05, 0.1) is 13.2 Å². The molecular weight excluding hydrogens is 224 g/mol.